The molecule has 2 aromatic rings. The molecule has 1 amide bonds. The van der Waals surface area contributed by atoms with E-state index in [0.717, 1.165) is 18.4 Å². The van der Waals surface area contributed by atoms with E-state index in [9.17, 15) is 9.59 Å². The van der Waals surface area contributed by atoms with Gasteiger partial charge in [-0.05, 0) is 31.4 Å². The summed E-state index contributed by atoms with van der Waals surface area (Å²) in [5.41, 5.74) is 1.35. The molecule has 0 atom stereocenters. The number of aryl methyl sites for hydroxylation is 1. The molecule has 0 bridgehead atoms. The molecule has 2 aromatic heterocycles. The van der Waals surface area contributed by atoms with Crippen molar-refractivity contribution < 1.29 is 4.79 Å². The number of carbonyl (C=O) groups is 1. The van der Waals surface area contributed by atoms with Gasteiger partial charge in [0.25, 0.3) is 11.5 Å². The minimum atomic E-state index is -0.300. The minimum absolute atomic E-state index is 0.139. The van der Waals surface area contributed by atoms with Crippen LogP contribution in [0.3, 0.4) is 0 Å². The van der Waals surface area contributed by atoms with E-state index in [-0.39, 0.29) is 17.0 Å². The lowest BCUT2D eigenvalue weighted by atomic mass is 10.2. The smallest absolute Gasteiger partial charge is 0.270 e. The molecule has 0 N–H and O–H groups in total. The van der Waals surface area contributed by atoms with Crippen molar-refractivity contribution >= 4 is 11.6 Å². The standard InChI is InChI=1S/C16H21N3O2/c1-4-8-18(9-5-2)15(20)13-10-17-14-7-6-12(3)11-19(14)16(13)21/h6-7,10-11H,4-5,8-9H2,1-3H3. The Morgan fingerprint density at radius 1 is 1.24 bits per heavy atom. The average molecular weight is 287 g/mol. The summed E-state index contributed by atoms with van der Waals surface area (Å²) in [7, 11) is 0. The van der Waals surface area contributed by atoms with E-state index in [4.69, 9.17) is 0 Å². The van der Waals surface area contributed by atoms with Crippen molar-refractivity contribution in [3.8, 4) is 0 Å². The highest BCUT2D eigenvalue weighted by atomic mass is 16.2. The summed E-state index contributed by atoms with van der Waals surface area (Å²) in [5, 5.41) is 0. The molecule has 0 aliphatic carbocycles. The normalized spacial score (nSPS) is 10.8. The molecular formula is C16H21N3O2. The summed E-state index contributed by atoms with van der Waals surface area (Å²) in [4.78, 5) is 31.0. The second-order valence-electron chi connectivity index (χ2n) is 5.20. The van der Waals surface area contributed by atoms with Crippen LogP contribution in [-0.4, -0.2) is 33.3 Å². The summed E-state index contributed by atoms with van der Waals surface area (Å²) in [6.45, 7) is 7.25. The molecule has 5 nitrogen and oxygen atoms in total. The highest BCUT2D eigenvalue weighted by Gasteiger charge is 2.19. The quantitative estimate of drug-likeness (QED) is 0.847. The molecule has 5 heteroatoms. The zero-order valence-electron chi connectivity index (χ0n) is 12.8. The summed E-state index contributed by atoms with van der Waals surface area (Å²) in [6.07, 6.45) is 4.85. The van der Waals surface area contributed by atoms with Gasteiger partial charge in [0.1, 0.15) is 11.2 Å². The van der Waals surface area contributed by atoms with E-state index in [1.807, 2.05) is 26.8 Å². The lowest BCUT2D eigenvalue weighted by Crippen LogP contribution is -2.37. The molecule has 21 heavy (non-hydrogen) atoms. The van der Waals surface area contributed by atoms with Gasteiger partial charge in [0, 0.05) is 25.5 Å². The Morgan fingerprint density at radius 3 is 2.52 bits per heavy atom. The summed E-state index contributed by atoms with van der Waals surface area (Å²) in [6, 6.07) is 3.67. The van der Waals surface area contributed by atoms with Crippen molar-refractivity contribution in [1.82, 2.24) is 14.3 Å². The topological polar surface area (TPSA) is 54.7 Å². The number of carbonyl (C=O) groups excluding carboxylic acids is 1. The molecule has 0 aliphatic heterocycles. The maximum Gasteiger partial charge on any atom is 0.270 e. The third-order valence-electron chi connectivity index (χ3n) is 3.35. The number of nitrogens with zero attached hydrogens (tertiary/aromatic N) is 3. The Balaban J connectivity index is 2.48. The number of amides is 1. The first-order valence-electron chi connectivity index (χ1n) is 7.35. The van der Waals surface area contributed by atoms with E-state index < -0.39 is 0 Å². The highest BCUT2D eigenvalue weighted by Crippen LogP contribution is 2.05. The fraction of sp³-hybridized carbons (Fsp3) is 0.438. The van der Waals surface area contributed by atoms with Crippen molar-refractivity contribution in [3.05, 3.63) is 46.0 Å². The Kier molecular flexibility index (Phi) is 4.73. The third kappa shape index (κ3) is 3.12. The van der Waals surface area contributed by atoms with Gasteiger partial charge >= 0.3 is 0 Å². The molecule has 2 heterocycles. The molecule has 0 spiro atoms. The van der Waals surface area contributed by atoms with Crippen LogP contribution in [0, 0.1) is 6.92 Å². The van der Waals surface area contributed by atoms with Gasteiger partial charge in [-0.1, -0.05) is 19.9 Å². The van der Waals surface area contributed by atoms with Gasteiger partial charge in [0.15, 0.2) is 0 Å². The van der Waals surface area contributed by atoms with Crippen LogP contribution in [0.4, 0.5) is 0 Å². The highest BCUT2D eigenvalue weighted by molar-refractivity contribution is 5.93. The lowest BCUT2D eigenvalue weighted by molar-refractivity contribution is 0.0753. The molecule has 0 saturated carbocycles. The van der Waals surface area contributed by atoms with E-state index >= 15 is 0 Å². The van der Waals surface area contributed by atoms with Crippen LogP contribution in [0.15, 0.2) is 29.3 Å². The number of hydrogen-bond acceptors (Lipinski definition) is 3. The molecule has 0 radical (unpaired) electrons. The van der Waals surface area contributed by atoms with Gasteiger partial charge < -0.3 is 4.90 Å². The Bertz CT molecular complexity index is 700. The largest absolute Gasteiger partial charge is 0.338 e. The maximum absolute atomic E-state index is 12.5. The van der Waals surface area contributed by atoms with Gasteiger partial charge in [-0.25, -0.2) is 4.98 Å². The monoisotopic (exact) mass is 287 g/mol. The van der Waals surface area contributed by atoms with E-state index in [0.29, 0.717) is 18.7 Å². The van der Waals surface area contributed by atoms with Crippen molar-refractivity contribution in [2.24, 2.45) is 0 Å². The zero-order valence-corrected chi connectivity index (χ0v) is 12.8. The van der Waals surface area contributed by atoms with Gasteiger partial charge in [-0.15, -0.1) is 0 Å². The fourth-order valence-electron chi connectivity index (χ4n) is 2.35. The van der Waals surface area contributed by atoms with E-state index in [1.54, 1.807) is 17.2 Å². The minimum Gasteiger partial charge on any atom is -0.338 e. The molecule has 0 fully saturated rings. The van der Waals surface area contributed by atoms with Gasteiger partial charge in [-0.2, -0.15) is 0 Å². The molecule has 0 saturated heterocycles. The predicted molar refractivity (Wildman–Crippen MR) is 82.7 cm³/mol. The predicted octanol–water partition coefficient (Wildman–Crippen LogP) is 2.27. The number of rotatable bonds is 5. The van der Waals surface area contributed by atoms with Crippen LogP contribution in [0.5, 0.6) is 0 Å². The molecular weight excluding hydrogens is 266 g/mol. The molecule has 112 valence electrons. The lowest BCUT2D eigenvalue weighted by Gasteiger charge is -2.21. The van der Waals surface area contributed by atoms with Crippen LogP contribution in [0.1, 0.15) is 42.6 Å². The van der Waals surface area contributed by atoms with Gasteiger partial charge in [0.05, 0.1) is 0 Å². The Labute approximate surface area is 124 Å². The zero-order chi connectivity index (χ0) is 15.4. The molecule has 0 aliphatic rings. The fourth-order valence-corrected chi connectivity index (χ4v) is 2.35. The molecule has 0 aromatic carbocycles. The first-order chi connectivity index (χ1) is 10.1. The van der Waals surface area contributed by atoms with E-state index in [1.165, 1.54) is 10.6 Å². The average Bonchev–Trinajstić information content (AvgIpc) is 2.47. The first kappa shape index (κ1) is 15.2. The second kappa shape index (κ2) is 6.52. The van der Waals surface area contributed by atoms with Gasteiger partial charge in [0.2, 0.25) is 0 Å². The molecule has 2 rings (SSSR count). The van der Waals surface area contributed by atoms with Crippen molar-refractivity contribution in [2.75, 3.05) is 13.1 Å². The van der Waals surface area contributed by atoms with Crippen LogP contribution in [0.25, 0.3) is 5.65 Å². The number of hydrogen-bond donors (Lipinski definition) is 0. The van der Waals surface area contributed by atoms with Crippen LogP contribution in [-0.2, 0) is 0 Å². The third-order valence-corrected chi connectivity index (χ3v) is 3.35. The first-order valence-corrected chi connectivity index (χ1v) is 7.35. The number of aromatic nitrogens is 2. The van der Waals surface area contributed by atoms with Crippen LogP contribution >= 0.6 is 0 Å². The number of fused-ring (bicyclic) bond motifs is 1. The SMILES string of the molecule is CCCN(CCC)C(=O)c1cnc2ccc(C)cn2c1=O. The second-order valence-corrected chi connectivity index (χ2v) is 5.20. The molecule has 0 unspecified atom stereocenters. The Morgan fingerprint density at radius 2 is 1.90 bits per heavy atom. The van der Waals surface area contributed by atoms with Crippen LogP contribution < -0.4 is 5.56 Å². The summed E-state index contributed by atoms with van der Waals surface area (Å²) < 4.78 is 1.44. The van der Waals surface area contributed by atoms with Crippen LogP contribution in [0.2, 0.25) is 0 Å². The van der Waals surface area contributed by atoms with Crippen molar-refractivity contribution in [2.45, 2.75) is 33.6 Å². The Hall–Kier alpha value is -2.17. The number of pyridine rings is 1. The maximum atomic E-state index is 12.5. The summed E-state index contributed by atoms with van der Waals surface area (Å²) in [5.74, 6) is -0.230. The van der Waals surface area contributed by atoms with Crippen molar-refractivity contribution in [3.63, 3.8) is 0 Å². The van der Waals surface area contributed by atoms with Gasteiger partial charge in [-0.3, -0.25) is 14.0 Å². The van der Waals surface area contributed by atoms with E-state index in [2.05, 4.69) is 4.98 Å². The van der Waals surface area contributed by atoms with Crippen molar-refractivity contribution in [1.29, 1.82) is 0 Å². The summed E-state index contributed by atoms with van der Waals surface area (Å²) >= 11 is 0.